The molecule has 1 atom stereocenters. The maximum absolute atomic E-state index is 13.7. The number of amides is 1. The summed E-state index contributed by atoms with van der Waals surface area (Å²) in [5.41, 5.74) is 0.705. The van der Waals surface area contributed by atoms with Gasteiger partial charge in [0.05, 0.1) is 47.1 Å². The fraction of sp³-hybridized carbons (Fsp3) is 0.407. The van der Waals surface area contributed by atoms with E-state index in [1.165, 1.54) is 31.1 Å². The molecule has 1 N–H and O–H groups in total. The molecule has 2 heterocycles. The summed E-state index contributed by atoms with van der Waals surface area (Å²) in [6.45, 7) is 4.41. The van der Waals surface area contributed by atoms with E-state index in [1.807, 2.05) is 0 Å². The van der Waals surface area contributed by atoms with Crippen LogP contribution in [0.4, 0.5) is 0 Å². The van der Waals surface area contributed by atoms with Crippen LogP contribution >= 0.6 is 0 Å². The lowest BCUT2D eigenvalue weighted by atomic mass is 9.94. The number of hydrogen-bond acceptors (Lipinski definition) is 7. The molecule has 2 aliphatic heterocycles. The largest absolute Gasteiger partial charge is 0.872 e. The van der Waals surface area contributed by atoms with E-state index in [0.717, 1.165) is 19.6 Å². The predicted octanol–water partition coefficient (Wildman–Crippen LogP) is 0.242. The molecule has 2 aromatic carbocycles. The number of likely N-dealkylation sites (tertiary alicyclic amines) is 1. The van der Waals surface area contributed by atoms with Crippen LogP contribution in [0.2, 0.25) is 0 Å². The molecule has 2 aliphatic rings. The van der Waals surface area contributed by atoms with Crippen LogP contribution in [0.3, 0.4) is 0 Å². The Morgan fingerprint density at radius 3 is 2.50 bits per heavy atom. The van der Waals surface area contributed by atoms with Crippen LogP contribution in [0, 0.1) is 0 Å². The molecule has 9 nitrogen and oxygen atoms in total. The first kappa shape index (κ1) is 25.5. The summed E-state index contributed by atoms with van der Waals surface area (Å²) in [6, 6.07) is 10.9. The van der Waals surface area contributed by atoms with Crippen LogP contribution in [-0.4, -0.2) is 77.3 Å². The fourth-order valence-electron chi connectivity index (χ4n) is 4.88. The number of para-hydroxylation sites is 1. The zero-order valence-electron chi connectivity index (χ0n) is 20.9. The molecule has 0 aliphatic carbocycles. The lowest BCUT2D eigenvalue weighted by Crippen LogP contribution is -3.14. The van der Waals surface area contributed by atoms with E-state index in [0.29, 0.717) is 49.0 Å². The number of Topliss-reactive ketones (excluding diaryl/α,β-unsaturated/α-hetero) is 1. The summed E-state index contributed by atoms with van der Waals surface area (Å²) in [7, 11) is 4.51. The predicted molar refractivity (Wildman–Crippen MR) is 130 cm³/mol. The molecule has 9 heteroatoms. The lowest BCUT2D eigenvalue weighted by Gasteiger charge is -2.30. The number of ether oxygens (including phenoxy) is 4. The zero-order valence-corrected chi connectivity index (χ0v) is 20.9. The van der Waals surface area contributed by atoms with Gasteiger partial charge in [-0.15, -0.1) is 0 Å². The highest BCUT2D eigenvalue weighted by Gasteiger charge is 2.45. The molecule has 36 heavy (non-hydrogen) atoms. The van der Waals surface area contributed by atoms with Crippen molar-refractivity contribution in [3.8, 4) is 17.2 Å². The summed E-state index contributed by atoms with van der Waals surface area (Å²) in [6.07, 6.45) is 0.678. The van der Waals surface area contributed by atoms with E-state index in [9.17, 15) is 14.7 Å². The number of carbonyl (C=O) groups is 2. The Morgan fingerprint density at radius 2 is 1.81 bits per heavy atom. The first-order valence-corrected chi connectivity index (χ1v) is 12.0. The number of ketones is 1. The van der Waals surface area contributed by atoms with E-state index < -0.39 is 23.5 Å². The second-order valence-corrected chi connectivity index (χ2v) is 8.75. The van der Waals surface area contributed by atoms with E-state index >= 15 is 0 Å². The zero-order chi connectivity index (χ0) is 25.7. The summed E-state index contributed by atoms with van der Waals surface area (Å²) in [4.78, 5) is 29.5. The van der Waals surface area contributed by atoms with Gasteiger partial charge < -0.3 is 33.9 Å². The molecule has 1 amide bonds. The van der Waals surface area contributed by atoms with Crippen molar-refractivity contribution in [3.63, 3.8) is 0 Å². The number of rotatable bonds is 9. The summed E-state index contributed by atoms with van der Waals surface area (Å²) in [5.74, 6) is -0.674. The minimum absolute atomic E-state index is 0.0986. The molecule has 2 aromatic rings. The Labute approximate surface area is 210 Å². The van der Waals surface area contributed by atoms with Crippen molar-refractivity contribution in [2.75, 3.05) is 60.7 Å². The molecule has 192 valence electrons. The highest BCUT2D eigenvalue weighted by atomic mass is 16.5. The van der Waals surface area contributed by atoms with E-state index in [4.69, 9.17) is 18.9 Å². The Morgan fingerprint density at radius 1 is 1.06 bits per heavy atom. The topological polar surface area (TPSA) is 102 Å². The van der Waals surface area contributed by atoms with Gasteiger partial charge in [-0.2, -0.15) is 0 Å². The molecule has 0 radical (unpaired) electrons. The number of carbonyl (C=O) groups excluding carboxylic acids is 2. The molecule has 1 unspecified atom stereocenters. The maximum atomic E-state index is 13.7. The second kappa shape index (κ2) is 11.5. The average Bonchev–Trinajstić information content (AvgIpc) is 3.17. The molecule has 0 saturated carbocycles. The number of hydrogen-bond donors (Lipinski definition) is 1. The first-order valence-electron chi connectivity index (χ1n) is 12.0. The summed E-state index contributed by atoms with van der Waals surface area (Å²) in [5, 5.41) is 13.7. The molecule has 4 rings (SSSR count). The van der Waals surface area contributed by atoms with Gasteiger partial charge in [0.15, 0.2) is 11.5 Å². The van der Waals surface area contributed by atoms with Crippen molar-refractivity contribution in [1.29, 1.82) is 0 Å². The Balaban J connectivity index is 1.77. The van der Waals surface area contributed by atoms with Gasteiger partial charge in [-0.3, -0.25) is 9.59 Å². The van der Waals surface area contributed by atoms with Crippen molar-refractivity contribution in [2.24, 2.45) is 0 Å². The number of methoxy groups -OCH3 is 3. The van der Waals surface area contributed by atoms with E-state index in [-0.39, 0.29) is 11.1 Å². The Bertz CT molecular complexity index is 1140. The molecular weight excluding hydrogens is 464 g/mol. The van der Waals surface area contributed by atoms with Crippen LogP contribution in [-0.2, 0) is 14.3 Å². The smallest absolute Gasteiger partial charge is 0.295 e. The van der Waals surface area contributed by atoms with Crippen molar-refractivity contribution < 1.29 is 38.5 Å². The molecule has 0 spiro atoms. The highest BCUT2D eigenvalue weighted by Crippen LogP contribution is 2.45. The minimum Gasteiger partial charge on any atom is -0.872 e. The van der Waals surface area contributed by atoms with Gasteiger partial charge in [0.25, 0.3) is 5.91 Å². The number of morpholine rings is 1. The molecule has 2 fully saturated rings. The third-order valence-corrected chi connectivity index (χ3v) is 6.72. The van der Waals surface area contributed by atoms with Gasteiger partial charge in [0.1, 0.15) is 18.8 Å². The fourth-order valence-corrected chi connectivity index (χ4v) is 4.88. The third-order valence-electron chi connectivity index (χ3n) is 6.72. The summed E-state index contributed by atoms with van der Waals surface area (Å²) < 4.78 is 21.8. The third kappa shape index (κ3) is 5.03. The van der Waals surface area contributed by atoms with Crippen molar-refractivity contribution in [1.82, 2.24) is 4.90 Å². The van der Waals surface area contributed by atoms with Crippen molar-refractivity contribution in [2.45, 2.75) is 12.5 Å². The Kier molecular flexibility index (Phi) is 8.12. The Hall–Kier alpha value is -3.56. The van der Waals surface area contributed by atoms with Crippen LogP contribution in [0.25, 0.3) is 5.76 Å². The maximum Gasteiger partial charge on any atom is 0.295 e. The van der Waals surface area contributed by atoms with Crippen LogP contribution in [0.15, 0.2) is 48.0 Å². The number of nitrogens with zero attached hydrogens (tertiary/aromatic N) is 1. The lowest BCUT2D eigenvalue weighted by molar-refractivity contribution is -0.908. The van der Waals surface area contributed by atoms with Gasteiger partial charge in [-0.05, 0) is 23.8 Å². The number of nitrogens with one attached hydrogen (secondary N) is 1. The molecule has 0 bridgehead atoms. The number of benzene rings is 2. The monoisotopic (exact) mass is 496 g/mol. The van der Waals surface area contributed by atoms with E-state index in [1.54, 1.807) is 42.5 Å². The molecule has 0 aromatic heterocycles. The van der Waals surface area contributed by atoms with E-state index in [2.05, 4.69) is 0 Å². The second-order valence-electron chi connectivity index (χ2n) is 8.75. The van der Waals surface area contributed by atoms with Gasteiger partial charge >= 0.3 is 0 Å². The molecular formula is C27H32N2O7. The van der Waals surface area contributed by atoms with Gasteiger partial charge in [0, 0.05) is 24.1 Å². The average molecular weight is 497 g/mol. The minimum atomic E-state index is -0.895. The van der Waals surface area contributed by atoms with Gasteiger partial charge in [-0.1, -0.05) is 30.0 Å². The standard InChI is InChI=1S/C27H32N2O7/c1-33-19-8-4-7-18(17-19)24(30)22-23(20-9-5-10-21(34-2)26(20)35-3)29(27(32)25(22)31)12-6-11-28-13-15-36-16-14-28/h4-5,7-10,17,23,30H,6,11-16H2,1-3H3. The highest BCUT2D eigenvalue weighted by molar-refractivity contribution is 6.46. The van der Waals surface area contributed by atoms with Gasteiger partial charge in [0.2, 0.25) is 5.78 Å². The number of quaternary nitrogens is 1. The quantitative estimate of drug-likeness (QED) is 0.302. The van der Waals surface area contributed by atoms with Crippen LogP contribution < -0.4 is 24.2 Å². The van der Waals surface area contributed by atoms with Crippen LogP contribution in [0.5, 0.6) is 17.2 Å². The SMILES string of the molecule is COc1cccc(C([O-])=C2C(=O)C(=O)N(CCC[NH+]3CCOCC3)C2c2cccc(OC)c2OC)c1. The first-order chi connectivity index (χ1) is 17.5. The van der Waals surface area contributed by atoms with Crippen molar-refractivity contribution in [3.05, 3.63) is 59.2 Å². The van der Waals surface area contributed by atoms with Crippen molar-refractivity contribution >= 4 is 17.4 Å². The summed E-state index contributed by atoms with van der Waals surface area (Å²) >= 11 is 0. The van der Waals surface area contributed by atoms with Crippen LogP contribution in [0.1, 0.15) is 23.6 Å². The molecule has 2 saturated heterocycles. The van der Waals surface area contributed by atoms with Gasteiger partial charge in [-0.25, -0.2) is 0 Å². The normalized spacial score (nSPS) is 20.0.